The number of carboxylic acids is 1. The van der Waals surface area contributed by atoms with E-state index in [1.54, 1.807) is 0 Å². The Balaban J connectivity index is 2.72. The van der Waals surface area contributed by atoms with Crippen molar-refractivity contribution >= 4 is 17.7 Å². The lowest BCUT2D eigenvalue weighted by molar-refractivity contribution is 0.0697. The molecule has 0 saturated heterocycles. The van der Waals surface area contributed by atoms with Gasteiger partial charge in [-0.05, 0) is 18.2 Å². The molecule has 94 valence electrons. The lowest BCUT2D eigenvalue weighted by atomic mass is 10.2. The van der Waals surface area contributed by atoms with Gasteiger partial charge in [0.15, 0.2) is 0 Å². The van der Waals surface area contributed by atoms with Gasteiger partial charge in [-0.15, -0.1) is 12.3 Å². The van der Waals surface area contributed by atoms with E-state index in [4.69, 9.17) is 11.5 Å². The first kappa shape index (κ1) is 13.5. The van der Waals surface area contributed by atoms with Gasteiger partial charge < -0.3 is 15.7 Å². The van der Waals surface area contributed by atoms with Gasteiger partial charge in [-0.25, -0.2) is 14.0 Å². The third-order valence-electron chi connectivity index (χ3n) is 2.02. The smallest absolute Gasteiger partial charge is 0.335 e. The van der Waals surface area contributed by atoms with Crippen LogP contribution in [0.2, 0.25) is 0 Å². The summed E-state index contributed by atoms with van der Waals surface area (Å²) in [5.41, 5.74) is -0.316. The van der Waals surface area contributed by atoms with Crippen molar-refractivity contribution < 1.29 is 19.1 Å². The maximum atomic E-state index is 13.3. The Morgan fingerprint density at radius 3 is 2.78 bits per heavy atom. The molecule has 0 aromatic heterocycles. The van der Waals surface area contributed by atoms with E-state index in [2.05, 4.69) is 16.6 Å². The zero-order valence-corrected chi connectivity index (χ0v) is 9.37. The number of nitrogens with one attached hydrogen (secondary N) is 2. The van der Waals surface area contributed by atoms with Gasteiger partial charge in [0, 0.05) is 13.0 Å². The molecule has 6 heteroatoms. The molecule has 0 atom stereocenters. The summed E-state index contributed by atoms with van der Waals surface area (Å²) in [6.45, 7) is 0.253. The molecular weight excluding hydrogens is 239 g/mol. The standard InChI is InChI=1S/C12H11FN2O3/c1-2-3-6-14-12(18)15-10-7-8(11(16)17)4-5-9(10)13/h1,4-5,7H,3,6H2,(H,16,17)(H2,14,15,18). The molecule has 0 aliphatic rings. The number of rotatable bonds is 4. The number of hydrogen-bond donors (Lipinski definition) is 3. The molecule has 2 amide bonds. The SMILES string of the molecule is C#CCCNC(=O)Nc1cc(C(=O)O)ccc1F. The number of amides is 2. The monoisotopic (exact) mass is 250 g/mol. The summed E-state index contributed by atoms with van der Waals surface area (Å²) in [5.74, 6) is 0.409. The van der Waals surface area contributed by atoms with E-state index >= 15 is 0 Å². The highest BCUT2D eigenvalue weighted by Gasteiger charge is 2.10. The predicted octanol–water partition coefficient (Wildman–Crippen LogP) is 1.67. The van der Waals surface area contributed by atoms with Crippen LogP contribution in [-0.2, 0) is 0 Å². The molecule has 0 unspecified atom stereocenters. The molecule has 0 radical (unpaired) electrons. The highest BCUT2D eigenvalue weighted by molar-refractivity contribution is 5.93. The van der Waals surface area contributed by atoms with Crippen molar-refractivity contribution in [2.24, 2.45) is 0 Å². The molecule has 0 fully saturated rings. The minimum atomic E-state index is -1.20. The minimum absolute atomic E-state index is 0.115. The van der Waals surface area contributed by atoms with E-state index in [9.17, 15) is 14.0 Å². The summed E-state index contributed by atoms with van der Waals surface area (Å²) in [5, 5.41) is 13.3. The van der Waals surface area contributed by atoms with Crippen molar-refractivity contribution in [3.8, 4) is 12.3 Å². The number of halogens is 1. The average Bonchev–Trinajstić information content (AvgIpc) is 2.32. The Hall–Kier alpha value is -2.55. The van der Waals surface area contributed by atoms with Crippen molar-refractivity contribution in [1.29, 1.82) is 0 Å². The Morgan fingerprint density at radius 2 is 2.17 bits per heavy atom. The van der Waals surface area contributed by atoms with Crippen molar-refractivity contribution in [2.75, 3.05) is 11.9 Å². The fraction of sp³-hybridized carbons (Fsp3) is 0.167. The van der Waals surface area contributed by atoms with E-state index in [0.717, 1.165) is 18.2 Å². The molecule has 0 aliphatic heterocycles. The number of benzene rings is 1. The van der Waals surface area contributed by atoms with E-state index in [1.807, 2.05) is 0 Å². The zero-order valence-electron chi connectivity index (χ0n) is 9.37. The topological polar surface area (TPSA) is 78.4 Å². The molecule has 0 heterocycles. The molecule has 1 aromatic rings. The Kier molecular flexibility index (Phi) is 4.69. The molecule has 3 N–H and O–H groups in total. The highest BCUT2D eigenvalue weighted by Crippen LogP contribution is 2.16. The van der Waals surface area contributed by atoms with Crippen molar-refractivity contribution in [2.45, 2.75) is 6.42 Å². The van der Waals surface area contributed by atoms with Crippen LogP contribution >= 0.6 is 0 Å². The van der Waals surface area contributed by atoms with Crippen LogP contribution in [0, 0.1) is 18.2 Å². The maximum Gasteiger partial charge on any atom is 0.335 e. The molecule has 0 saturated carbocycles. The van der Waals surface area contributed by atoms with Gasteiger partial charge in [-0.3, -0.25) is 0 Å². The van der Waals surface area contributed by atoms with Crippen LogP contribution in [0.25, 0.3) is 0 Å². The van der Waals surface area contributed by atoms with E-state index in [-0.39, 0.29) is 17.8 Å². The van der Waals surface area contributed by atoms with Crippen molar-refractivity contribution in [3.05, 3.63) is 29.6 Å². The van der Waals surface area contributed by atoms with Crippen LogP contribution in [0.5, 0.6) is 0 Å². The molecule has 1 aromatic carbocycles. The van der Waals surface area contributed by atoms with E-state index < -0.39 is 17.8 Å². The number of hydrogen-bond acceptors (Lipinski definition) is 2. The zero-order chi connectivity index (χ0) is 13.5. The minimum Gasteiger partial charge on any atom is -0.478 e. The Bertz CT molecular complexity index is 509. The largest absolute Gasteiger partial charge is 0.478 e. The summed E-state index contributed by atoms with van der Waals surface area (Å²) in [6, 6.07) is 2.48. The van der Waals surface area contributed by atoms with Gasteiger partial charge >= 0.3 is 12.0 Å². The van der Waals surface area contributed by atoms with Crippen molar-refractivity contribution in [3.63, 3.8) is 0 Å². The summed E-state index contributed by atoms with van der Waals surface area (Å²) in [6.07, 6.45) is 5.35. The number of carboxylic acid groups (broad SMARTS) is 1. The molecule has 0 aliphatic carbocycles. The van der Waals surface area contributed by atoms with Crippen LogP contribution in [-0.4, -0.2) is 23.7 Å². The van der Waals surface area contributed by atoms with Gasteiger partial charge in [0.2, 0.25) is 0 Å². The lowest BCUT2D eigenvalue weighted by Crippen LogP contribution is -2.29. The Morgan fingerprint density at radius 1 is 1.44 bits per heavy atom. The third-order valence-corrected chi connectivity index (χ3v) is 2.02. The number of carbonyl (C=O) groups excluding carboxylic acids is 1. The molecule has 5 nitrogen and oxygen atoms in total. The number of aromatic carboxylic acids is 1. The number of urea groups is 1. The molecule has 0 spiro atoms. The summed E-state index contributed by atoms with van der Waals surface area (Å²) < 4.78 is 13.3. The quantitative estimate of drug-likeness (QED) is 0.561. The first-order valence-corrected chi connectivity index (χ1v) is 5.05. The molecular formula is C12H11FN2O3. The first-order valence-electron chi connectivity index (χ1n) is 5.05. The van der Waals surface area contributed by atoms with Crippen LogP contribution < -0.4 is 10.6 Å². The molecule has 18 heavy (non-hydrogen) atoms. The third kappa shape index (κ3) is 3.79. The second-order valence-corrected chi connectivity index (χ2v) is 3.33. The van der Waals surface area contributed by atoms with Crippen LogP contribution in [0.3, 0.4) is 0 Å². The predicted molar refractivity (Wildman–Crippen MR) is 63.8 cm³/mol. The first-order chi connectivity index (χ1) is 8.54. The fourth-order valence-electron chi connectivity index (χ4n) is 1.17. The van der Waals surface area contributed by atoms with Crippen molar-refractivity contribution in [1.82, 2.24) is 5.32 Å². The molecule has 1 rings (SSSR count). The van der Waals surface area contributed by atoms with Crippen LogP contribution in [0.4, 0.5) is 14.9 Å². The number of carbonyl (C=O) groups is 2. The lowest BCUT2D eigenvalue weighted by Gasteiger charge is -2.08. The van der Waals surface area contributed by atoms with Gasteiger partial charge in [-0.1, -0.05) is 0 Å². The van der Waals surface area contributed by atoms with Gasteiger partial charge in [0.1, 0.15) is 5.82 Å². The van der Waals surface area contributed by atoms with Gasteiger partial charge in [0.05, 0.1) is 11.3 Å². The highest BCUT2D eigenvalue weighted by atomic mass is 19.1. The summed E-state index contributed by atoms with van der Waals surface area (Å²) >= 11 is 0. The summed E-state index contributed by atoms with van der Waals surface area (Å²) in [7, 11) is 0. The Labute approximate surface area is 103 Å². The maximum absolute atomic E-state index is 13.3. The molecule has 0 bridgehead atoms. The normalized spacial score (nSPS) is 9.33. The summed E-state index contributed by atoms with van der Waals surface area (Å²) in [4.78, 5) is 22.0. The van der Waals surface area contributed by atoms with Gasteiger partial charge in [-0.2, -0.15) is 0 Å². The second kappa shape index (κ2) is 6.25. The average molecular weight is 250 g/mol. The van der Waals surface area contributed by atoms with E-state index in [0.29, 0.717) is 6.42 Å². The van der Waals surface area contributed by atoms with Crippen LogP contribution in [0.15, 0.2) is 18.2 Å². The van der Waals surface area contributed by atoms with Gasteiger partial charge in [0.25, 0.3) is 0 Å². The number of anilines is 1. The number of terminal acetylenes is 1. The van der Waals surface area contributed by atoms with E-state index in [1.165, 1.54) is 0 Å². The fourth-order valence-corrected chi connectivity index (χ4v) is 1.17. The second-order valence-electron chi connectivity index (χ2n) is 3.33. The van der Waals surface area contributed by atoms with Crippen LogP contribution in [0.1, 0.15) is 16.8 Å².